The van der Waals surface area contributed by atoms with Crippen LogP contribution in [0.25, 0.3) is 0 Å². The van der Waals surface area contributed by atoms with Gasteiger partial charge in [-0.05, 0) is 54.6 Å². The summed E-state index contributed by atoms with van der Waals surface area (Å²) in [7, 11) is 0. The fraction of sp³-hybridized carbons (Fsp3) is 0.250. The van der Waals surface area contributed by atoms with Gasteiger partial charge in [0.1, 0.15) is 0 Å². The third kappa shape index (κ3) is 3.33. The molecule has 0 saturated heterocycles. The molecule has 5 heteroatoms. The van der Waals surface area contributed by atoms with Gasteiger partial charge in [0.25, 0.3) is 0 Å². The molecule has 0 fully saturated rings. The van der Waals surface area contributed by atoms with Gasteiger partial charge in [0.15, 0.2) is 0 Å². The van der Waals surface area contributed by atoms with Crippen molar-refractivity contribution in [1.82, 2.24) is 4.98 Å². The first-order valence-corrected chi connectivity index (χ1v) is 7.53. The lowest BCUT2D eigenvalue weighted by atomic mass is 10.2. The average Bonchev–Trinajstić information content (AvgIpc) is 2.69. The number of halogens is 2. The van der Waals surface area contributed by atoms with E-state index in [9.17, 15) is 0 Å². The molecule has 0 amide bonds. The van der Waals surface area contributed by atoms with Crippen molar-refractivity contribution in [3.63, 3.8) is 0 Å². The highest BCUT2D eigenvalue weighted by Gasteiger charge is 2.10. The minimum absolute atomic E-state index is 0.203. The number of aromatic nitrogens is 1. The molecule has 1 aromatic heterocycles. The Morgan fingerprint density at radius 1 is 1.47 bits per heavy atom. The Bertz CT molecular complexity index is 527. The number of nitrogens with one attached hydrogen (secondary N) is 1. The van der Waals surface area contributed by atoms with E-state index in [-0.39, 0.29) is 6.04 Å². The van der Waals surface area contributed by atoms with Gasteiger partial charge >= 0.3 is 0 Å². The summed E-state index contributed by atoms with van der Waals surface area (Å²) in [6.07, 6.45) is 0. The maximum Gasteiger partial charge on any atom is 0.0898 e. The standard InChI is InChI=1S/C12H12ClIN2S/c1-7(12-6-17-8(2)16-12)15-11-4-3-9(13)5-10(11)14/h3-7,15H,1-2H3. The van der Waals surface area contributed by atoms with E-state index in [1.54, 1.807) is 11.3 Å². The van der Waals surface area contributed by atoms with Gasteiger partial charge in [-0.3, -0.25) is 0 Å². The average molecular weight is 379 g/mol. The smallest absolute Gasteiger partial charge is 0.0898 e. The molecule has 2 nitrogen and oxygen atoms in total. The van der Waals surface area contributed by atoms with Crippen molar-refractivity contribution < 1.29 is 0 Å². The maximum atomic E-state index is 5.93. The van der Waals surface area contributed by atoms with Crippen LogP contribution in [0.5, 0.6) is 0 Å². The van der Waals surface area contributed by atoms with E-state index < -0.39 is 0 Å². The first kappa shape index (κ1) is 13.1. The second-order valence-corrected chi connectivity index (χ2v) is 6.44. The highest BCUT2D eigenvalue weighted by atomic mass is 127. The lowest BCUT2D eigenvalue weighted by molar-refractivity contribution is 0.844. The van der Waals surface area contributed by atoms with E-state index in [2.05, 4.69) is 45.2 Å². The van der Waals surface area contributed by atoms with Crippen molar-refractivity contribution in [3.8, 4) is 0 Å². The summed E-state index contributed by atoms with van der Waals surface area (Å²) < 4.78 is 1.12. The molecular formula is C12H12ClIN2S. The van der Waals surface area contributed by atoms with Crippen molar-refractivity contribution in [2.45, 2.75) is 19.9 Å². The van der Waals surface area contributed by atoms with Gasteiger partial charge in [-0.2, -0.15) is 0 Å². The van der Waals surface area contributed by atoms with E-state index in [0.29, 0.717) is 0 Å². The fourth-order valence-electron chi connectivity index (χ4n) is 1.49. The van der Waals surface area contributed by atoms with Crippen LogP contribution in [0.4, 0.5) is 5.69 Å². The number of rotatable bonds is 3. The summed E-state index contributed by atoms with van der Waals surface area (Å²) >= 11 is 9.89. The molecule has 0 radical (unpaired) electrons. The molecule has 1 atom stereocenters. The normalized spacial score (nSPS) is 12.5. The van der Waals surface area contributed by atoms with Crippen molar-refractivity contribution in [3.05, 3.63) is 42.9 Å². The molecule has 2 aromatic rings. The SMILES string of the molecule is Cc1nc(C(C)Nc2ccc(Cl)cc2I)cs1. The van der Waals surface area contributed by atoms with Gasteiger partial charge in [0, 0.05) is 19.7 Å². The molecule has 1 heterocycles. The Labute approximate surface area is 124 Å². The Morgan fingerprint density at radius 3 is 2.82 bits per heavy atom. The van der Waals surface area contributed by atoms with Crippen molar-refractivity contribution in [1.29, 1.82) is 0 Å². The molecule has 1 N–H and O–H groups in total. The molecule has 0 saturated carbocycles. The molecule has 0 bridgehead atoms. The molecular weight excluding hydrogens is 367 g/mol. The fourth-order valence-corrected chi connectivity index (χ4v) is 3.23. The van der Waals surface area contributed by atoms with Crippen molar-refractivity contribution in [2.24, 2.45) is 0 Å². The summed E-state index contributed by atoms with van der Waals surface area (Å²) in [5, 5.41) is 7.40. The molecule has 0 aliphatic heterocycles. The number of thiazole rings is 1. The van der Waals surface area contributed by atoms with Crippen LogP contribution in [0.15, 0.2) is 23.6 Å². The molecule has 1 aromatic carbocycles. The largest absolute Gasteiger partial charge is 0.376 e. The summed E-state index contributed by atoms with van der Waals surface area (Å²) in [5.41, 5.74) is 2.17. The minimum Gasteiger partial charge on any atom is -0.376 e. The number of aryl methyl sites for hydroxylation is 1. The number of benzene rings is 1. The molecule has 90 valence electrons. The highest BCUT2D eigenvalue weighted by Crippen LogP contribution is 2.26. The molecule has 2 rings (SSSR count). The van der Waals surface area contributed by atoms with E-state index in [4.69, 9.17) is 11.6 Å². The second-order valence-electron chi connectivity index (χ2n) is 3.78. The van der Waals surface area contributed by atoms with Crippen molar-refractivity contribution in [2.75, 3.05) is 5.32 Å². The minimum atomic E-state index is 0.203. The van der Waals surface area contributed by atoms with Gasteiger partial charge in [-0.1, -0.05) is 11.6 Å². The van der Waals surface area contributed by atoms with Gasteiger partial charge in [0.05, 0.1) is 16.7 Å². The summed E-state index contributed by atoms with van der Waals surface area (Å²) in [4.78, 5) is 4.48. The van der Waals surface area contributed by atoms with Crippen LogP contribution in [-0.2, 0) is 0 Å². The Balaban J connectivity index is 2.15. The third-order valence-corrected chi connectivity index (χ3v) is 4.30. The van der Waals surface area contributed by atoms with Crippen LogP contribution in [0, 0.1) is 10.5 Å². The zero-order valence-corrected chi connectivity index (χ0v) is 13.2. The first-order valence-electron chi connectivity index (χ1n) is 5.20. The topological polar surface area (TPSA) is 24.9 Å². The van der Waals surface area contributed by atoms with E-state index in [1.165, 1.54) is 0 Å². The van der Waals surface area contributed by atoms with Crippen LogP contribution in [-0.4, -0.2) is 4.98 Å². The predicted octanol–water partition coefficient (Wildman–Crippen LogP) is 4.88. The Kier molecular flexibility index (Phi) is 4.27. The Hall–Kier alpha value is -0.330. The van der Waals surface area contributed by atoms with Crippen molar-refractivity contribution >= 4 is 51.2 Å². The number of anilines is 1. The lowest BCUT2D eigenvalue weighted by Crippen LogP contribution is -2.08. The molecule has 17 heavy (non-hydrogen) atoms. The third-order valence-electron chi connectivity index (χ3n) is 2.38. The van der Waals surface area contributed by atoms with Crippen LogP contribution in [0.3, 0.4) is 0 Å². The predicted molar refractivity (Wildman–Crippen MR) is 83.1 cm³/mol. The summed E-state index contributed by atoms with van der Waals surface area (Å²) in [5.74, 6) is 0. The molecule has 1 unspecified atom stereocenters. The van der Waals surface area contributed by atoms with E-state index in [1.807, 2.05) is 25.1 Å². The van der Waals surface area contributed by atoms with Crippen LogP contribution >= 0.6 is 45.5 Å². The van der Waals surface area contributed by atoms with Gasteiger partial charge in [-0.15, -0.1) is 11.3 Å². The second kappa shape index (κ2) is 5.54. The van der Waals surface area contributed by atoms with E-state index in [0.717, 1.165) is 25.0 Å². The lowest BCUT2D eigenvalue weighted by Gasteiger charge is -2.14. The highest BCUT2D eigenvalue weighted by molar-refractivity contribution is 14.1. The maximum absolute atomic E-state index is 5.93. The first-order chi connectivity index (χ1) is 8.06. The quantitative estimate of drug-likeness (QED) is 0.770. The number of nitrogens with zero attached hydrogens (tertiary/aromatic N) is 1. The Morgan fingerprint density at radius 2 is 2.24 bits per heavy atom. The number of hydrogen-bond donors (Lipinski definition) is 1. The zero-order valence-electron chi connectivity index (χ0n) is 9.50. The molecule has 0 aliphatic carbocycles. The van der Waals surface area contributed by atoms with Gasteiger partial charge < -0.3 is 5.32 Å². The van der Waals surface area contributed by atoms with E-state index >= 15 is 0 Å². The summed E-state index contributed by atoms with van der Waals surface area (Å²) in [6, 6.07) is 6.05. The molecule has 0 spiro atoms. The zero-order chi connectivity index (χ0) is 12.4. The summed E-state index contributed by atoms with van der Waals surface area (Å²) in [6.45, 7) is 4.13. The van der Waals surface area contributed by atoms with Gasteiger partial charge in [-0.25, -0.2) is 4.98 Å². The monoisotopic (exact) mass is 378 g/mol. The van der Waals surface area contributed by atoms with Crippen LogP contribution in [0.2, 0.25) is 5.02 Å². The van der Waals surface area contributed by atoms with Gasteiger partial charge in [0.2, 0.25) is 0 Å². The number of hydrogen-bond acceptors (Lipinski definition) is 3. The van der Waals surface area contributed by atoms with Crippen LogP contribution in [0.1, 0.15) is 23.7 Å². The van der Waals surface area contributed by atoms with Crippen LogP contribution < -0.4 is 5.32 Å². The molecule has 0 aliphatic rings.